The van der Waals surface area contributed by atoms with Gasteiger partial charge in [0.2, 0.25) is 0 Å². The molecule has 0 N–H and O–H groups in total. The lowest BCUT2D eigenvalue weighted by molar-refractivity contribution is 0.100. The molecule has 0 atom stereocenters. The zero-order chi connectivity index (χ0) is 17.6. The quantitative estimate of drug-likeness (QED) is 0.734. The smallest absolute Gasteiger partial charge is 0.182 e. The van der Waals surface area contributed by atoms with E-state index in [0.29, 0.717) is 0 Å². The minimum absolute atomic E-state index is 0.0914. The molecule has 0 saturated heterocycles. The molecule has 1 aliphatic rings. The number of hydrogen-bond acceptors (Lipinski definition) is 5. The van der Waals surface area contributed by atoms with Crippen LogP contribution in [-0.2, 0) is 6.42 Å². The molecule has 130 valence electrons. The summed E-state index contributed by atoms with van der Waals surface area (Å²) in [7, 11) is 1.65. The first-order chi connectivity index (χ1) is 12.2. The summed E-state index contributed by atoms with van der Waals surface area (Å²) < 4.78 is 5.23. The molecule has 2 aromatic carbocycles. The first-order valence-corrected chi connectivity index (χ1v) is 9.41. The molecular weight excluding hydrogens is 332 g/mol. The minimum atomic E-state index is 0.0914. The third kappa shape index (κ3) is 4.23. The first kappa shape index (κ1) is 17.5. The summed E-state index contributed by atoms with van der Waals surface area (Å²) in [6.45, 7) is 3.19. The average molecular weight is 354 g/mol. The Hall–Kier alpha value is -2.27. The third-order valence-corrected chi connectivity index (χ3v) is 5.16. The van der Waals surface area contributed by atoms with Gasteiger partial charge in [-0.1, -0.05) is 43.0 Å². The highest BCUT2D eigenvalue weighted by Gasteiger charge is 2.21. The van der Waals surface area contributed by atoms with Gasteiger partial charge in [-0.3, -0.25) is 9.79 Å². The number of hydrogen-bond donors (Lipinski definition) is 0. The predicted molar refractivity (Wildman–Crippen MR) is 105 cm³/mol. The average Bonchev–Trinajstić information content (AvgIpc) is 3.20. The van der Waals surface area contributed by atoms with E-state index in [1.165, 1.54) is 5.56 Å². The van der Waals surface area contributed by atoms with Crippen molar-refractivity contribution >= 4 is 28.4 Å². The normalized spacial score (nSPS) is 13.4. The summed E-state index contributed by atoms with van der Waals surface area (Å²) in [4.78, 5) is 19.3. The van der Waals surface area contributed by atoms with Gasteiger partial charge in [0.25, 0.3) is 0 Å². The molecule has 2 aromatic rings. The highest BCUT2D eigenvalue weighted by molar-refractivity contribution is 8.14. The van der Waals surface area contributed by atoms with Crippen LogP contribution in [0.4, 0.5) is 5.69 Å². The maximum Gasteiger partial charge on any atom is 0.182 e. The monoisotopic (exact) mass is 354 g/mol. The summed E-state index contributed by atoms with van der Waals surface area (Å²) >= 11 is 1.69. The van der Waals surface area contributed by atoms with E-state index >= 15 is 0 Å². The van der Waals surface area contributed by atoms with Gasteiger partial charge in [-0.15, -0.1) is 0 Å². The molecule has 0 aromatic heterocycles. The van der Waals surface area contributed by atoms with Crippen LogP contribution in [0.2, 0.25) is 0 Å². The molecule has 25 heavy (non-hydrogen) atoms. The van der Waals surface area contributed by atoms with Crippen LogP contribution in [0.15, 0.2) is 53.5 Å². The molecule has 0 fully saturated rings. The molecule has 0 unspecified atom stereocenters. The van der Waals surface area contributed by atoms with Gasteiger partial charge in [0, 0.05) is 17.0 Å². The Morgan fingerprint density at radius 1 is 1.16 bits per heavy atom. The van der Waals surface area contributed by atoms with E-state index in [1.807, 2.05) is 53.4 Å². The van der Waals surface area contributed by atoms with Gasteiger partial charge in [0.05, 0.1) is 20.2 Å². The van der Waals surface area contributed by atoms with E-state index < -0.39 is 0 Å². The van der Waals surface area contributed by atoms with Crippen molar-refractivity contribution < 1.29 is 9.53 Å². The fraction of sp³-hybridized carbons (Fsp3) is 0.300. The number of thioether (sulfide) groups is 1. The predicted octanol–water partition coefficient (Wildman–Crippen LogP) is 4.05. The SMILES string of the molecule is CCc1ccc(C(=O)CN(C2=NCCS2)c2ccc(OC)cc2)cc1. The van der Waals surface area contributed by atoms with Crippen molar-refractivity contribution in [2.75, 3.05) is 30.9 Å². The fourth-order valence-electron chi connectivity index (χ4n) is 2.68. The van der Waals surface area contributed by atoms with Crippen molar-refractivity contribution in [2.45, 2.75) is 13.3 Å². The second-order valence-corrected chi connectivity index (χ2v) is 6.83. The number of nitrogens with zero attached hydrogens (tertiary/aromatic N) is 2. The molecule has 0 bridgehead atoms. The number of aliphatic imine (C=N–C) groups is 1. The number of benzene rings is 2. The highest BCUT2D eigenvalue weighted by Crippen LogP contribution is 2.25. The second-order valence-electron chi connectivity index (χ2n) is 5.77. The fourth-order valence-corrected chi connectivity index (χ4v) is 3.55. The number of Topliss-reactive ketones (excluding diaryl/α,β-unsaturated/α-hetero) is 1. The van der Waals surface area contributed by atoms with Crippen molar-refractivity contribution in [3.05, 3.63) is 59.7 Å². The van der Waals surface area contributed by atoms with Crippen LogP contribution in [0.25, 0.3) is 0 Å². The topological polar surface area (TPSA) is 41.9 Å². The van der Waals surface area contributed by atoms with Crippen molar-refractivity contribution in [3.63, 3.8) is 0 Å². The van der Waals surface area contributed by atoms with Crippen LogP contribution in [0.3, 0.4) is 0 Å². The van der Waals surface area contributed by atoms with Crippen LogP contribution in [0.5, 0.6) is 5.75 Å². The van der Waals surface area contributed by atoms with E-state index in [1.54, 1.807) is 18.9 Å². The lowest BCUT2D eigenvalue weighted by Crippen LogP contribution is -2.33. The van der Waals surface area contributed by atoms with Crippen molar-refractivity contribution in [3.8, 4) is 5.75 Å². The Balaban J connectivity index is 1.82. The molecule has 1 aliphatic heterocycles. The number of rotatable bonds is 6. The molecule has 3 rings (SSSR count). The van der Waals surface area contributed by atoms with Crippen LogP contribution >= 0.6 is 11.8 Å². The van der Waals surface area contributed by atoms with Crippen LogP contribution in [0.1, 0.15) is 22.8 Å². The van der Waals surface area contributed by atoms with Crippen LogP contribution in [-0.4, -0.2) is 36.9 Å². The van der Waals surface area contributed by atoms with Gasteiger partial charge in [-0.25, -0.2) is 0 Å². The molecule has 0 saturated carbocycles. The summed E-state index contributed by atoms with van der Waals surface area (Å²) in [5.41, 5.74) is 2.92. The number of methoxy groups -OCH3 is 1. The van der Waals surface area contributed by atoms with Crippen molar-refractivity contribution in [1.29, 1.82) is 0 Å². The summed E-state index contributed by atoms with van der Waals surface area (Å²) in [5.74, 6) is 1.85. The molecular formula is C20H22N2O2S. The molecule has 0 spiro atoms. The molecule has 4 nitrogen and oxygen atoms in total. The van der Waals surface area contributed by atoms with Crippen LogP contribution in [0, 0.1) is 0 Å². The largest absolute Gasteiger partial charge is 0.497 e. The lowest BCUT2D eigenvalue weighted by atomic mass is 10.1. The molecule has 5 heteroatoms. The van der Waals surface area contributed by atoms with Crippen molar-refractivity contribution in [2.24, 2.45) is 4.99 Å². The van der Waals surface area contributed by atoms with Gasteiger partial charge in [-0.05, 0) is 36.2 Å². The van der Waals surface area contributed by atoms with Crippen LogP contribution < -0.4 is 9.64 Å². The van der Waals surface area contributed by atoms with E-state index in [0.717, 1.165) is 40.9 Å². The molecule has 0 aliphatic carbocycles. The zero-order valence-corrected chi connectivity index (χ0v) is 15.4. The summed E-state index contributed by atoms with van der Waals surface area (Å²) in [5, 5.41) is 0.906. The van der Waals surface area contributed by atoms with Gasteiger partial charge < -0.3 is 9.64 Å². The van der Waals surface area contributed by atoms with Gasteiger partial charge >= 0.3 is 0 Å². The van der Waals surface area contributed by atoms with E-state index in [-0.39, 0.29) is 12.3 Å². The Morgan fingerprint density at radius 3 is 2.44 bits per heavy atom. The van der Waals surface area contributed by atoms with Gasteiger partial charge in [0.15, 0.2) is 11.0 Å². The Bertz CT molecular complexity index is 754. The number of ether oxygens (including phenoxy) is 1. The molecule has 0 amide bonds. The maximum atomic E-state index is 12.8. The Morgan fingerprint density at radius 2 is 1.88 bits per heavy atom. The van der Waals surface area contributed by atoms with E-state index in [9.17, 15) is 4.79 Å². The Kier molecular flexibility index (Phi) is 5.76. The minimum Gasteiger partial charge on any atom is -0.497 e. The van der Waals surface area contributed by atoms with Gasteiger partial charge in [-0.2, -0.15) is 0 Å². The second kappa shape index (κ2) is 8.21. The van der Waals surface area contributed by atoms with Gasteiger partial charge in [0.1, 0.15) is 5.75 Å². The maximum absolute atomic E-state index is 12.8. The number of ketones is 1. The zero-order valence-electron chi connectivity index (χ0n) is 14.6. The number of amidine groups is 1. The number of aryl methyl sites for hydroxylation is 1. The molecule has 1 heterocycles. The lowest BCUT2D eigenvalue weighted by Gasteiger charge is -2.23. The Labute approximate surface area is 152 Å². The van der Waals surface area contributed by atoms with E-state index in [4.69, 9.17) is 4.74 Å². The highest BCUT2D eigenvalue weighted by atomic mass is 32.2. The van der Waals surface area contributed by atoms with Crippen molar-refractivity contribution in [1.82, 2.24) is 0 Å². The number of carbonyl (C=O) groups excluding carboxylic acids is 1. The number of carbonyl (C=O) groups is 1. The number of anilines is 1. The summed E-state index contributed by atoms with van der Waals surface area (Å²) in [6, 6.07) is 15.6. The molecule has 0 radical (unpaired) electrons. The first-order valence-electron chi connectivity index (χ1n) is 8.42. The standard InChI is InChI=1S/C20H22N2O2S/c1-3-15-4-6-16(7-5-15)19(23)14-22(20-21-12-13-25-20)17-8-10-18(24-2)11-9-17/h4-11H,3,12-14H2,1-2H3. The summed E-state index contributed by atoms with van der Waals surface area (Å²) in [6.07, 6.45) is 0.972. The third-order valence-electron chi connectivity index (χ3n) is 4.17. The van der Waals surface area contributed by atoms with E-state index in [2.05, 4.69) is 11.9 Å².